The van der Waals surface area contributed by atoms with E-state index in [1.54, 1.807) is 7.11 Å². The lowest BCUT2D eigenvalue weighted by atomic mass is 9.95. The second-order valence-electron chi connectivity index (χ2n) is 7.33. The molecule has 2 aromatic carbocycles. The van der Waals surface area contributed by atoms with Crippen molar-refractivity contribution >= 4 is 17.4 Å². The molecule has 2 heterocycles. The van der Waals surface area contributed by atoms with E-state index in [1.807, 2.05) is 91.2 Å². The Kier molecular flexibility index (Phi) is 5.53. The number of nitrogens with one attached hydrogen (secondary N) is 1. The Morgan fingerprint density at radius 2 is 1.83 bits per heavy atom. The van der Waals surface area contributed by atoms with E-state index in [9.17, 15) is 4.79 Å². The predicted molar refractivity (Wildman–Crippen MR) is 120 cm³/mol. The minimum Gasteiger partial charge on any atom is -0.497 e. The van der Waals surface area contributed by atoms with Crippen molar-refractivity contribution in [3.63, 3.8) is 0 Å². The molecule has 4 aromatic rings. The van der Waals surface area contributed by atoms with E-state index in [1.165, 1.54) is 0 Å². The molecule has 0 spiro atoms. The molecule has 5 nitrogen and oxygen atoms in total. The van der Waals surface area contributed by atoms with Crippen LogP contribution in [0.4, 0.5) is 5.82 Å². The van der Waals surface area contributed by atoms with E-state index in [0.29, 0.717) is 12.2 Å². The summed E-state index contributed by atoms with van der Waals surface area (Å²) in [5.74, 6) is 1.18. The lowest BCUT2D eigenvalue weighted by Crippen LogP contribution is -2.22. The number of benzene rings is 2. The number of imidazole rings is 1. The number of anilines is 1. The number of ether oxygens (including phenoxy) is 1. The molecule has 5 heteroatoms. The van der Waals surface area contributed by atoms with Crippen molar-refractivity contribution in [2.45, 2.75) is 26.2 Å². The monoisotopic (exact) mass is 399 g/mol. The number of fused-ring (bicyclic) bond motifs is 1. The Balaban J connectivity index is 1.77. The number of nitrogens with zero attached hydrogens (tertiary/aromatic N) is 2. The van der Waals surface area contributed by atoms with Gasteiger partial charge in [0.05, 0.1) is 13.0 Å². The SMILES string of the molecule is CC[C@@H](C(=O)Nc1c(-c2ccc(OC)cc2)nc2cc(C)ccn12)c1ccccc1. The average molecular weight is 399 g/mol. The molecule has 2 aromatic heterocycles. The zero-order valence-corrected chi connectivity index (χ0v) is 17.4. The quantitative estimate of drug-likeness (QED) is 0.469. The van der Waals surface area contributed by atoms with E-state index in [4.69, 9.17) is 9.72 Å². The molecular formula is C25H25N3O2. The maximum absolute atomic E-state index is 13.3. The normalized spacial score (nSPS) is 12.0. The molecule has 152 valence electrons. The predicted octanol–water partition coefficient (Wildman–Crippen LogP) is 5.45. The third kappa shape index (κ3) is 3.79. The van der Waals surface area contributed by atoms with Gasteiger partial charge in [-0.3, -0.25) is 9.20 Å². The summed E-state index contributed by atoms with van der Waals surface area (Å²) in [5.41, 5.74) is 4.57. The summed E-state index contributed by atoms with van der Waals surface area (Å²) in [5, 5.41) is 3.16. The summed E-state index contributed by atoms with van der Waals surface area (Å²) >= 11 is 0. The van der Waals surface area contributed by atoms with Crippen LogP contribution in [-0.2, 0) is 4.79 Å². The highest BCUT2D eigenvalue weighted by Crippen LogP contribution is 2.32. The van der Waals surface area contributed by atoms with Crippen molar-refractivity contribution in [3.8, 4) is 17.0 Å². The van der Waals surface area contributed by atoms with Crippen LogP contribution >= 0.6 is 0 Å². The zero-order valence-electron chi connectivity index (χ0n) is 17.4. The second-order valence-corrected chi connectivity index (χ2v) is 7.33. The molecule has 4 rings (SSSR count). The van der Waals surface area contributed by atoms with E-state index in [-0.39, 0.29) is 11.8 Å². The van der Waals surface area contributed by atoms with Crippen LogP contribution in [0.3, 0.4) is 0 Å². The fourth-order valence-corrected chi connectivity index (χ4v) is 3.68. The highest BCUT2D eigenvalue weighted by Gasteiger charge is 2.22. The van der Waals surface area contributed by atoms with Gasteiger partial charge in [0.2, 0.25) is 5.91 Å². The second kappa shape index (κ2) is 8.41. The van der Waals surface area contributed by atoms with Crippen LogP contribution in [0.2, 0.25) is 0 Å². The van der Waals surface area contributed by atoms with Crippen LogP contribution in [0, 0.1) is 6.92 Å². The number of hydrogen-bond donors (Lipinski definition) is 1. The molecule has 30 heavy (non-hydrogen) atoms. The van der Waals surface area contributed by atoms with Gasteiger partial charge in [0.25, 0.3) is 0 Å². The molecule has 0 fully saturated rings. The minimum atomic E-state index is -0.231. The van der Waals surface area contributed by atoms with Crippen LogP contribution in [0.25, 0.3) is 16.9 Å². The van der Waals surface area contributed by atoms with Crippen molar-refractivity contribution in [2.24, 2.45) is 0 Å². The molecular weight excluding hydrogens is 374 g/mol. The summed E-state index contributed by atoms with van der Waals surface area (Å²) in [4.78, 5) is 18.1. The fourth-order valence-electron chi connectivity index (χ4n) is 3.68. The van der Waals surface area contributed by atoms with Gasteiger partial charge in [0.15, 0.2) is 0 Å². The first-order valence-corrected chi connectivity index (χ1v) is 10.1. The number of amides is 1. The van der Waals surface area contributed by atoms with Crippen molar-refractivity contribution < 1.29 is 9.53 Å². The molecule has 1 N–H and O–H groups in total. The highest BCUT2D eigenvalue weighted by molar-refractivity contribution is 5.98. The first kappa shape index (κ1) is 19.7. The van der Waals surface area contributed by atoms with E-state index in [0.717, 1.165) is 33.8 Å². The van der Waals surface area contributed by atoms with Crippen molar-refractivity contribution in [2.75, 3.05) is 12.4 Å². The Morgan fingerprint density at radius 1 is 1.10 bits per heavy atom. The molecule has 1 amide bonds. The van der Waals surface area contributed by atoms with Gasteiger partial charge in [-0.25, -0.2) is 4.98 Å². The average Bonchev–Trinajstić information content (AvgIpc) is 3.12. The van der Waals surface area contributed by atoms with E-state index < -0.39 is 0 Å². The highest BCUT2D eigenvalue weighted by atomic mass is 16.5. The maximum Gasteiger partial charge on any atom is 0.233 e. The van der Waals surface area contributed by atoms with Crippen molar-refractivity contribution in [1.29, 1.82) is 0 Å². The first-order valence-electron chi connectivity index (χ1n) is 10.1. The standard InChI is InChI=1S/C25H25N3O2/c1-4-21(18-8-6-5-7-9-18)25(29)27-24-23(19-10-12-20(30-3)13-11-19)26-22-16-17(2)14-15-28(22)24/h5-16,21H,4H2,1-3H3,(H,27,29)/t21-/m1/s1. The molecule has 1 atom stereocenters. The van der Waals surface area contributed by atoms with Gasteiger partial charge < -0.3 is 10.1 Å². The number of aromatic nitrogens is 2. The lowest BCUT2D eigenvalue weighted by molar-refractivity contribution is -0.117. The van der Waals surface area contributed by atoms with Gasteiger partial charge in [0, 0.05) is 11.8 Å². The van der Waals surface area contributed by atoms with Gasteiger partial charge in [-0.1, -0.05) is 37.3 Å². The van der Waals surface area contributed by atoms with Crippen LogP contribution < -0.4 is 10.1 Å². The first-order chi connectivity index (χ1) is 14.6. The molecule has 0 aliphatic carbocycles. The van der Waals surface area contributed by atoms with Crippen LogP contribution in [0.5, 0.6) is 5.75 Å². The minimum absolute atomic E-state index is 0.0409. The summed E-state index contributed by atoms with van der Waals surface area (Å²) in [6, 6.07) is 21.6. The molecule has 0 aliphatic rings. The number of methoxy groups -OCH3 is 1. The number of carbonyl (C=O) groups is 1. The molecule has 0 bridgehead atoms. The summed E-state index contributed by atoms with van der Waals surface area (Å²) in [6.07, 6.45) is 2.66. The van der Waals surface area contributed by atoms with Gasteiger partial charge in [-0.05, 0) is 60.9 Å². The van der Waals surface area contributed by atoms with E-state index in [2.05, 4.69) is 5.32 Å². The Labute approximate surface area is 176 Å². The largest absolute Gasteiger partial charge is 0.497 e. The molecule has 0 radical (unpaired) electrons. The Morgan fingerprint density at radius 3 is 2.50 bits per heavy atom. The third-order valence-corrected chi connectivity index (χ3v) is 5.31. The summed E-state index contributed by atoms with van der Waals surface area (Å²) < 4.78 is 7.21. The number of aryl methyl sites for hydroxylation is 1. The molecule has 0 aliphatic heterocycles. The van der Waals surface area contributed by atoms with Gasteiger partial charge in [-0.15, -0.1) is 0 Å². The summed E-state index contributed by atoms with van der Waals surface area (Å²) in [7, 11) is 1.64. The number of carbonyl (C=O) groups excluding carboxylic acids is 1. The van der Waals surface area contributed by atoms with Crippen LogP contribution in [0.1, 0.15) is 30.4 Å². The smallest absolute Gasteiger partial charge is 0.233 e. The topological polar surface area (TPSA) is 55.6 Å². The number of pyridine rings is 1. The Bertz CT molecular complexity index is 1160. The van der Waals surface area contributed by atoms with Crippen molar-refractivity contribution in [3.05, 3.63) is 84.1 Å². The zero-order chi connectivity index (χ0) is 21.1. The maximum atomic E-state index is 13.3. The fraction of sp³-hybridized carbons (Fsp3) is 0.200. The van der Waals surface area contributed by atoms with Gasteiger partial charge in [0.1, 0.15) is 22.9 Å². The van der Waals surface area contributed by atoms with E-state index >= 15 is 0 Å². The molecule has 0 saturated heterocycles. The van der Waals surface area contributed by atoms with Crippen LogP contribution in [0.15, 0.2) is 72.9 Å². The van der Waals surface area contributed by atoms with Crippen molar-refractivity contribution in [1.82, 2.24) is 9.38 Å². The Hall–Kier alpha value is -3.60. The van der Waals surface area contributed by atoms with Crippen LogP contribution in [-0.4, -0.2) is 22.4 Å². The van der Waals surface area contributed by atoms with Gasteiger partial charge in [-0.2, -0.15) is 0 Å². The van der Waals surface area contributed by atoms with Gasteiger partial charge >= 0.3 is 0 Å². The molecule has 0 unspecified atom stereocenters. The number of rotatable bonds is 6. The molecule has 0 saturated carbocycles. The number of hydrogen-bond acceptors (Lipinski definition) is 3. The lowest BCUT2D eigenvalue weighted by Gasteiger charge is -2.16. The third-order valence-electron chi connectivity index (χ3n) is 5.31. The summed E-state index contributed by atoms with van der Waals surface area (Å²) in [6.45, 7) is 4.06.